The quantitative estimate of drug-likeness (QED) is 0.445. The van der Waals surface area contributed by atoms with E-state index >= 15 is 0 Å². The van der Waals surface area contributed by atoms with Crippen LogP contribution >= 0.6 is 0 Å². The summed E-state index contributed by atoms with van der Waals surface area (Å²) < 4.78 is 12.6. The summed E-state index contributed by atoms with van der Waals surface area (Å²) in [6, 6.07) is 27.7. The van der Waals surface area contributed by atoms with Gasteiger partial charge < -0.3 is 9.47 Å². The minimum atomic E-state index is 0.0598. The predicted molar refractivity (Wildman–Crippen MR) is 127 cm³/mol. The number of hydrogen-bond donors (Lipinski definition) is 0. The number of hydrogen-bond acceptors (Lipinski definition) is 3. The van der Waals surface area contributed by atoms with Crippen molar-refractivity contribution in [1.82, 2.24) is 0 Å². The first-order valence-corrected chi connectivity index (χ1v) is 11.5. The Morgan fingerprint density at radius 1 is 0.750 bits per heavy atom. The normalized spacial score (nSPS) is 24.6. The van der Waals surface area contributed by atoms with Gasteiger partial charge >= 0.3 is 0 Å². The molecule has 0 aliphatic carbocycles. The maximum atomic E-state index is 12.6. The number of carbonyl (C=O) groups excluding carboxylic acids is 1. The monoisotopic (exact) mass is 424 g/mol. The highest BCUT2D eigenvalue weighted by Gasteiger charge is 2.43. The van der Waals surface area contributed by atoms with Crippen molar-refractivity contribution in [2.75, 3.05) is 0 Å². The van der Waals surface area contributed by atoms with Crippen LogP contribution in [-0.4, -0.2) is 30.2 Å². The standard InChI is InChI=1S/C29H28O3/c30-29(23-11-5-2-6-12-23)24-16-14-22(15-17-24)18-26-20-28-27(32-26)19-25(31-28)13-7-10-21-8-3-1-4-9-21/h1-12,14-17,25-28H,13,18-20H2/b10-7+/t25-,26-,27-,28-/m1/s1. The van der Waals surface area contributed by atoms with Gasteiger partial charge in [-0.25, -0.2) is 0 Å². The predicted octanol–water partition coefficient (Wildman–Crippen LogP) is 5.88. The van der Waals surface area contributed by atoms with Crippen molar-refractivity contribution < 1.29 is 14.3 Å². The molecule has 2 fully saturated rings. The first kappa shape index (κ1) is 20.9. The van der Waals surface area contributed by atoms with Gasteiger partial charge in [0.1, 0.15) is 0 Å². The van der Waals surface area contributed by atoms with Crippen LogP contribution in [-0.2, 0) is 15.9 Å². The smallest absolute Gasteiger partial charge is 0.193 e. The molecule has 0 aromatic heterocycles. The Morgan fingerprint density at radius 3 is 2.06 bits per heavy atom. The minimum Gasteiger partial charge on any atom is -0.372 e. The van der Waals surface area contributed by atoms with E-state index in [2.05, 4.69) is 36.4 Å². The van der Waals surface area contributed by atoms with E-state index in [9.17, 15) is 4.79 Å². The summed E-state index contributed by atoms with van der Waals surface area (Å²) in [5.74, 6) is 0.0598. The number of rotatable bonds is 7. The molecule has 0 bridgehead atoms. The molecule has 0 amide bonds. The van der Waals surface area contributed by atoms with Gasteiger partial charge in [0.2, 0.25) is 0 Å². The maximum absolute atomic E-state index is 12.6. The zero-order valence-corrected chi connectivity index (χ0v) is 18.1. The molecular formula is C29H28O3. The highest BCUT2D eigenvalue weighted by Crippen LogP contribution is 2.36. The van der Waals surface area contributed by atoms with E-state index in [1.807, 2.05) is 60.7 Å². The lowest BCUT2D eigenvalue weighted by Crippen LogP contribution is -2.16. The zero-order chi connectivity index (χ0) is 21.8. The maximum Gasteiger partial charge on any atom is 0.193 e. The van der Waals surface area contributed by atoms with Crippen molar-refractivity contribution in [3.8, 4) is 0 Å². The summed E-state index contributed by atoms with van der Waals surface area (Å²) in [6.07, 6.45) is 8.88. The minimum absolute atomic E-state index is 0.0598. The summed E-state index contributed by atoms with van der Waals surface area (Å²) in [6.45, 7) is 0. The topological polar surface area (TPSA) is 35.5 Å². The van der Waals surface area contributed by atoms with Crippen LogP contribution in [0.3, 0.4) is 0 Å². The van der Waals surface area contributed by atoms with Crippen LogP contribution in [0.4, 0.5) is 0 Å². The molecule has 2 heterocycles. The number of ketones is 1. The Hall–Kier alpha value is -3.01. The molecule has 0 radical (unpaired) electrons. The number of fused-ring (bicyclic) bond motifs is 1. The van der Waals surface area contributed by atoms with Gasteiger partial charge in [-0.1, -0.05) is 97.1 Å². The summed E-state index contributed by atoms with van der Waals surface area (Å²) in [4.78, 5) is 12.6. The summed E-state index contributed by atoms with van der Waals surface area (Å²) in [5.41, 5.74) is 3.86. The second-order valence-corrected chi connectivity index (χ2v) is 8.71. The second-order valence-electron chi connectivity index (χ2n) is 8.71. The van der Waals surface area contributed by atoms with E-state index in [1.165, 1.54) is 11.1 Å². The highest BCUT2D eigenvalue weighted by atomic mass is 16.6. The molecule has 2 aliphatic heterocycles. The van der Waals surface area contributed by atoms with E-state index in [1.54, 1.807) is 0 Å². The molecule has 2 saturated heterocycles. The van der Waals surface area contributed by atoms with E-state index in [4.69, 9.17) is 9.47 Å². The van der Waals surface area contributed by atoms with E-state index in [-0.39, 0.29) is 30.2 Å². The molecule has 0 N–H and O–H groups in total. The molecule has 0 unspecified atom stereocenters. The van der Waals surface area contributed by atoms with Crippen LogP contribution < -0.4 is 0 Å². The van der Waals surface area contributed by atoms with Crippen molar-refractivity contribution in [3.05, 3.63) is 113 Å². The first-order valence-electron chi connectivity index (χ1n) is 11.5. The van der Waals surface area contributed by atoms with Crippen LogP contribution in [0.15, 0.2) is 91.0 Å². The van der Waals surface area contributed by atoms with Gasteiger partial charge in [0.25, 0.3) is 0 Å². The molecule has 0 saturated carbocycles. The second kappa shape index (κ2) is 9.64. The number of carbonyl (C=O) groups is 1. The summed E-state index contributed by atoms with van der Waals surface area (Å²) >= 11 is 0. The van der Waals surface area contributed by atoms with Crippen molar-refractivity contribution in [2.45, 2.75) is 50.1 Å². The fourth-order valence-electron chi connectivity index (χ4n) is 4.73. The Balaban J connectivity index is 1.10. The van der Waals surface area contributed by atoms with Crippen LogP contribution in [0.5, 0.6) is 0 Å². The molecule has 3 nitrogen and oxygen atoms in total. The van der Waals surface area contributed by atoms with E-state index in [0.717, 1.165) is 36.8 Å². The zero-order valence-electron chi connectivity index (χ0n) is 18.1. The van der Waals surface area contributed by atoms with Crippen LogP contribution in [0, 0.1) is 0 Å². The SMILES string of the molecule is O=C(c1ccccc1)c1ccc(C[C@@H]2C[C@H]3O[C@H](C/C=C/c4ccccc4)C[C@H]3O2)cc1. The fourth-order valence-corrected chi connectivity index (χ4v) is 4.73. The van der Waals surface area contributed by atoms with Crippen molar-refractivity contribution in [3.63, 3.8) is 0 Å². The van der Waals surface area contributed by atoms with Crippen molar-refractivity contribution >= 4 is 11.9 Å². The van der Waals surface area contributed by atoms with Crippen LogP contribution in [0.2, 0.25) is 0 Å². The third-order valence-corrected chi connectivity index (χ3v) is 6.36. The molecule has 5 rings (SSSR count). The average Bonchev–Trinajstić information content (AvgIpc) is 3.38. The lowest BCUT2D eigenvalue weighted by atomic mass is 9.99. The molecule has 2 aliphatic rings. The molecule has 3 aromatic rings. The molecule has 4 atom stereocenters. The Labute approximate surface area is 189 Å². The molecular weight excluding hydrogens is 396 g/mol. The van der Waals surface area contributed by atoms with Gasteiger partial charge in [-0.3, -0.25) is 4.79 Å². The average molecular weight is 425 g/mol. The molecule has 3 aromatic carbocycles. The summed E-state index contributed by atoms with van der Waals surface area (Å²) in [7, 11) is 0. The Morgan fingerprint density at radius 2 is 1.34 bits per heavy atom. The van der Waals surface area contributed by atoms with E-state index < -0.39 is 0 Å². The lowest BCUT2D eigenvalue weighted by Gasteiger charge is -2.15. The molecule has 0 spiro atoms. The lowest BCUT2D eigenvalue weighted by molar-refractivity contribution is 0.0345. The summed E-state index contributed by atoms with van der Waals surface area (Å²) in [5, 5.41) is 0. The van der Waals surface area contributed by atoms with Crippen molar-refractivity contribution in [1.29, 1.82) is 0 Å². The van der Waals surface area contributed by atoms with Crippen LogP contribution in [0.1, 0.15) is 46.3 Å². The van der Waals surface area contributed by atoms with Gasteiger partial charge in [-0.2, -0.15) is 0 Å². The Bertz CT molecular complexity index is 1040. The van der Waals surface area contributed by atoms with Gasteiger partial charge in [0.05, 0.1) is 24.4 Å². The van der Waals surface area contributed by atoms with E-state index in [0.29, 0.717) is 0 Å². The highest BCUT2D eigenvalue weighted by molar-refractivity contribution is 6.08. The first-order chi connectivity index (χ1) is 15.7. The fraction of sp³-hybridized carbons (Fsp3) is 0.276. The van der Waals surface area contributed by atoms with Crippen LogP contribution in [0.25, 0.3) is 6.08 Å². The number of benzene rings is 3. The third kappa shape index (κ3) is 4.90. The number of ether oxygens (including phenoxy) is 2. The van der Waals surface area contributed by atoms with Gasteiger partial charge in [0.15, 0.2) is 5.78 Å². The van der Waals surface area contributed by atoms with Gasteiger partial charge in [-0.05, 0) is 24.0 Å². The third-order valence-electron chi connectivity index (χ3n) is 6.36. The Kier molecular flexibility index (Phi) is 6.29. The molecule has 32 heavy (non-hydrogen) atoms. The largest absolute Gasteiger partial charge is 0.372 e. The van der Waals surface area contributed by atoms with Gasteiger partial charge in [0, 0.05) is 24.0 Å². The molecule has 162 valence electrons. The molecule has 3 heteroatoms. The van der Waals surface area contributed by atoms with Crippen molar-refractivity contribution in [2.24, 2.45) is 0 Å². The van der Waals surface area contributed by atoms with Gasteiger partial charge in [-0.15, -0.1) is 0 Å².